The van der Waals surface area contributed by atoms with Gasteiger partial charge < -0.3 is 5.32 Å². The monoisotopic (exact) mass is 321 g/mol. The number of nitriles is 2. The van der Waals surface area contributed by atoms with Gasteiger partial charge >= 0.3 is 0 Å². The van der Waals surface area contributed by atoms with Gasteiger partial charge in [0, 0.05) is 12.0 Å². The number of rotatable bonds is 3. The molecule has 1 aromatic heterocycles. The van der Waals surface area contributed by atoms with Crippen molar-refractivity contribution in [3.8, 4) is 12.1 Å². The Bertz CT molecular complexity index is 844. The summed E-state index contributed by atoms with van der Waals surface area (Å²) < 4.78 is 0. The average molecular weight is 321 g/mol. The van der Waals surface area contributed by atoms with Gasteiger partial charge in [0.15, 0.2) is 11.4 Å². The minimum absolute atomic E-state index is 0.0147. The highest BCUT2D eigenvalue weighted by molar-refractivity contribution is 5.92. The molecule has 0 aliphatic heterocycles. The van der Waals surface area contributed by atoms with Crippen LogP contribution in [-0.2, 0) is 15.6 Å². The molecular weight excluding hydrogens is 302 g/mol. The normalized spacial score (nSPS) is 28.5. The number of nitrogens with one attached hydrogen (secondary N) is 1. The Morgan fingerprint density at radius 2 is 1.79 bits per heavy atom. The summed E-state index contributed by atoms with van der Waals surface area (Å²) in [7, 11) is 0. The van der Waals surface area contributed by atoms with Gasteiger partial charge in [-0.2, -0.15) is 10.5 Å². The zero-order valence-electron chi connectivity index (χ0n) is 14.1. The van der Waals surface area contributed by atoms with E-state index in [9.17, 15) is 15.3 Å². The molecule has 1 amide bonds. The quantitative estimate of drug-likeness (QED) is 0.856. The number of aromatic nitrogens is 2. The number of carbonyl (C=O) groups excluding carboxylic acids is 1. The van der Waals surface area contributed by atoms with Crippen molar-refractivity contribution in [1.29, 1.82) is 10.5 Å². The lowest BCUT2D eigenvalue weighted by Crippen LogP contribution is -2.51. The van der Waals surface area contributed by atoms with Gasteiger partial charge in [-0.1, -0.05) is 26.8 Å². The second kappa shape index (κ2) is 4.88. The molecule has 6 heteroatoms. The molecule has 2 bridgehead atoms. The maximum Gasteiger partial charge on any atom is 0.233 e. The summed E-state index contributed by atoms with van der Waals surface area (Å²) in [5, 5.41) is 21.5. The van der Waals surface area contributed by atoms with Gasteiger partial charge in [-0.05, 0) is 18.3 Å². The van der Waals surface area contributed by atoms with Crippen LogP contribution < -0.4 is 5.32 Å². The van der Waals surface area contributed by atoms with Gasteiger partial charge in [0.1, 0.15) is 12.1 Å². The average Bonchev–Trinajstić information content (AvgIpc) is 2.87. The molecule has 3 rings (SSSR count). The summed E-state index contributed by atoms with van der Waals surface area (Å²) in [4.78, 5) is 22.0. The second-order valence-corrected chi connectivity index (χ2v) is 7.20. The Hall–Kier alpha value is -2.73. The summed E-state index contributed by atoms with van der Waals surface area (Å²) in [5.41, 5.74) is -0.371. The molecule has 1 aromatic rings. The van der Waals surface area contributed by atoms with Crippen LogP contribution in [0.25, 0.3) is 0 Å². The van der Waals surface area contributed by atoms with Crippen molar-refractivity contribution < 1.29 is 4.79 Å². The molecule has 24 heavy (non-hydrogen) atoms. The molecule has 1 heterocycles. The summed E-state index contributed by atoms with van der Waals surface area (Å²) in [6.07, 6.45) is 3.08. The molecule has 0 saturated heterocycles. The number of amides is 1. The van der Waals surface area contributed by atoms with Crippen molar-refractivity contribution in [2.24, 2.45) is 5.41 Å². The van der Waals surface area contributed by atoms with E-state index in [0.29, 0.717) is 24.4 Å². The van der Waals surface area contributed by atoms with Gasteiger partial charge in [0.05, 0.1) is 16.8 Å². The first-order valence-corrected chi connectivity index (χ1v) is 7.92. The molecule has 1 saturated carbocycles. The van der Waals surface area contributed by atoms with E-state index in [1.807, 2.05) is 12.1 Å². The number of carbonyl (C=O) groups is 1. The van der Waals surface area contributed by atoms with Crippen molar-refractivity contribution in [2.75, 3.05) is 6.54 Å². The third-order valence-electron chi connectivity index (χ3n) is 6.28. The van der Waals surface area contributed by atoms with E-state index in [4.69, 9.17) is 0 Å². The van der Waals surface area contributed by atoms with Crippen LogP contribution in [0.3, 0.4) is 0 Å². The van der Waals surface area contributed by atoms with E-state index in [1.54, 1.807) is 6.08 Å². The van der Waals surface area contributed by atoms with Crippen LogP contribution in [0, 0.1) is 28.1 Å². The molecule has 1 N–H and O–H groups in total. The molecule has 2 unspecified atom stereocenters. The van der Waals surface area contributed by atoms with E-state index < -0.39 is 10.8 Å². The number of hydrogen-bond donors (Lipinski definition) is 1. The maximum atomic E-state index is 13.1. The molecule has 1 fully saturated rings. The Labute approximate surface area is 141 Å². The lowest BCUT2D eigenvalue weighted by molar-refractivity contribution is -0.130. The third kappa shape index (κ3) is 1.56. The van der Waals surface area contributed by atoms with Crippen molar-refractivity contribution in [3.63, 3.8) is 0 Å². The maximum absolute atomic E-state index is 13.1. The van der Waals surface area contributed by atoms with Crippen LogP contribution in [0.1, 0.15) is 56.4 Å². The first-order chi connectivity index (χ1) is 11.3. The first-order valence-electron chi connectivity index (χ1n) is 7.92. The smallest absolute Gasteiger partial charge is 0.233 e. The van der Waals surface area contributed by atoms with E-state index in [2.05, 4.69) is 42.6 Å². The number of fused-ring (bicyclic) bond motifs is 5. The van der Waals surface area contributed by atoms with Crippen LogP contribution >= 0.6 is 0 Å². The minimum Gasteiger partial charge on any atom is -0.352 e. The second-order valence-electron chi connectivity index (χ2n) is 7.20. The Kier molecular flexibility index (Phi) is 3.28. The first kappa shape index (κ1) is 16.1. The lowest BCUT2D eigenvalue weighted by Gasteiger charge is -2.39. The molecule has 122 valence electrons. The predicted octanol–water partition coefficient (Wildman–Crippen LogP) is 1.85. The van der Waals surface area contributed by atoms with Crippen LogP contribution in [0.15, 0.2) is 12.7 Å². The summed E-state index contributed by atoms with van der Waals surface area (Å²) >= 11 is 0. The predicted molar refractivity (Wildman–Crippen MR) is 86.7 cm³/mol. The highest BCUT2D eigenvalue weighted by Crippen LogP contribution is 2.70. The van der Waals surface area contributed by atoms with Gasteiger partial charge in [-0.3, -0.25) is 4.79 Å². The van der Waals surface area contributed by atoms with Gasteiger partial charge in [-0.15, -0.1) is 6.58 Å². The minimum atomic E-state index is -0.841. The summed E-state index contributed by atoms with van der Waals surface area (Å²) in [6.45, 7) is 10.2. The molecule has 2 atom stereocenters. The highest BCUT2D eigenvalue weighted by atomic mass is 16.2. The third-order valence-corrected chi connectivity index (χ3v) is 6.28. The molecule has 2 aliphatic carbocycles. The number of hydrogen-bond acceptors (Lipinski definition) is 5. The van der Waals surface area contributed by atoms with Crippen LogP contribution in [-0.4, -0.2) is 22.4 Å². The van der Waals surface area contributed by atoms with E-state index in [1.165, 1.54) is 0 Å². The zero-order valence-corrected chi connectivity index (χ0v) is 14.1. The fraction of sp³-hybridized carbons (Fsp3) is 0.500. The number of nitrogens with zero attached hydrogens (tertiary/aromatic N) is 4. The Balaban J connectivity index is 2.30. The van der Waals surface area contributed by atoms with Gasteiger partial charge in [-0.25, -0.2) is 9.97 Å². The van der Waals surface area contributed by atoms with E-state index in [-0.39, 0.29) is 22.7 Å². The molecular formula is C18H19N5O. The Morgan fingerprint density at radius 3 is 2.33 bits per heavy atom. The standard InChI is InChI=1S/C18H19N5O/c1-5-8-21-15(24)18-7-6-17(4,16(18,2)3)13-14(18)23-12(10-20)11(9-19)22-13/h5H,1,6-8H2,2-4H3,(H,21,24). The largest absolute Gasteiger partial charge is 0.352 e. The van der Waals surface area contributed by atoms with Crippen LogP contribution in [0.4, 0.5) is 0 Å². The lowest BCUT2D eigenvalue weighted by atomic mass is 9.63. The highest BCUT2D eigenvalue weighted by Gasteiger charge is 2.73. The molecule has 0 radical (unpaired) electrons. The van der Waals surface area contributed by atoms with Crippen LogP contribution in [0.5, 0.6) is 0 Å². The van der Waals surface area contributed by atoms with Crippen molar-refractivity contribution in [2.45, 2.75) is 44.4 Å². The zero-order chi connectivity index (χ0) is 17.8. The topological polar surface area (TPSA) is 102 Å². The fourth-order valence-corrected chi connectivity index (χ4v) is 4.46. The SMILES string of the molecule is C=CCNC(=O)C12CCC(C)(c3nc(C#N)c(C#N)nc31)C2(C)C. The molecule has 0 spiro atoms. The summed E-state index contributed by atoms with van der Waals surface area (Å²) in [6, 6.07) is 3.88. The van der Waals surface area contributed by atoms with Crippen LogP contribution in [0.2, 0.25) is 0 Å². The summed E-state index contributed by atoms with van der Waals surface area (Å²) in [5.74, 6) is -0.113. The van der Waals surface area contributed by atoms with E-state index in [0.717, 1.165) is 6.42 Å². The van der Waals surface area contributed by atoms with Gasteiger partial charge in [0.25, 0.3) is 0 Å². The van der Waals surface area contributed by atoms with Crippen molar-refractivity contribution in [3.05, 3.63) is 35.4 Å². The van der Waals surface area contributed by atoms with E-state index >= 15 is 0 Å². The van der Waals surface area contributed by atoms with Gasteiger partial charge in [0.2, 0.25) is 5.91 Å². The fourth-order valence-electron chi connectivity index (χ4n) is 4.46. The molecule has 0 aromatic carbocycles. The van der Waals surface area contributed by atoms with Crippen molar-refractivity contribution >= 4 is 5.91 Å². The molecule has 6 nitrogen and oxygen atoms in total. The Morgan fingerprint density at radius 1 is 1.21 bits per heavy atom. The molecule has 2 aliphatic rings. The van der Waals surface area contributed by atoms with Crippen molar-refractivity contribution in [1.82, 2.24) is 15.3 Å².